The van der Waals surface area contributed by atoms with E-state index in [1.54, 1.807) is 13.0 Å². The number of benzene rings is 2. The first kappa shape index (κ1) is 23.0. The van der Waals surface area contributed by atoms with Crippen LogP contribution in [0, 0.1) is 11.6 Å². The predicted molar refractivity (Wildman–Crippen MR) is 113 cm³/mol. The summed E-state index contributed by atoms with van der Waals surface area (Å²) in [7, 11) is 1.43. The number of hydrogen-bond donors (Lipinski definition) is 4. The van der Waals surface area contributed by atoms with Crippen LogP contribution in [0.1, 0.15) is 62.2 Å². The van der Waals surface area contributed by atoms with Gasteiger partial charge in [0, 0.05) is 11.1 Å². The molecule has 1 aliphatic carbocycles. The molecular weight excluding hydrogens is 406 g/mol. The van der Waals surface area contributed by atoms with Gasteiger partial charge in [-0.05, 0) is 54.2 Å². The zero-order chi connectivity index (χ0) is 23.1. The number of ether oxygens (including phenoxy) is 1. The van der Waals surface area contributed by atoms with Gasteiger partial charge in [0.2, 0.25) is 0 Å². The molecule has 2 aromatic rings. The van der Waals surface area contributed by atoms with Crippen LogP contribution in [0.3, 0.4) is 0 Å². The summed E-state index contributed by atoms with van der Waals surface area (Å²) in [5.74, 6) is -1.03. The third-order valence-corrected chi connectivity index (χ3v) is 5.55. The Morgan fingerprint density at radius 3 is 2.42 bits per heavy atom. The van der Waals surface area contributed by atoms with Crippen molar-refractivity contribution < 1.29 is 28.5 Å². The van der Waals surface area contributed by atoms with Gasteiger partial charge < -0.3 is 25.6 Å². The third kappa shape index (κ3) is 4.50. The molecule has 0 unspecified atom stereocenters. The lowest BCUT2D eigenvalue weighted by molar-refractivity contribution is 0.141. The van der Waals surface area contributed by atoms with Crippen LogP contribution in [0.25, 0.3) is 0 Å². The van der Waals surface area contributed by atoms with E-state index in [1.165, 1.54) is 7.11 Å². The molecule has 4 N–H and O–H groups in total. The molecule has 0 aliphatic heterocycles. The third-order valence-electron chi connectivity index (χ3n) is 5.55. The summed E-state index contributed by atoms with van der Waals surface area (Å²) >= 11 is 0. The molecule has 168 valence electrons. The minimum absolute atomic E-state index is 0.0361. The number of methoxy groups -OCH3 is 1. The lowest BCUT2D eigenvalue weighted by atomic mass is 9.85. The summed E-state index contributed by atoms with van der Waals surface area (Å²) in [5.41, 5.74) is 1.39. The van der Waals surface area contributed by atoms with Crippen molar-refractivity contribution in [3.05, 3.63) is 58.2 Å². The number of urea groups is 1. The topological polar surface area (TPSA) is 90.8 Å². The van der Waals surface area contributed by atoms with Crippen molar-refractivity contribution in [3.63, 3.8) is 0 Å². The van der Waals surface area contributed by atoms with Crippen LogP contribution in [0.15, 0.2) is 24.3 Å². The van der Waals surface area contributed by atoms with Gasteiger partial charge in [0.1, 0.15) is 23.5 Å². The Morgan fingerprint density at radius 1 is 1.23 bits per heavy atom. The molecule has 0 spiro atoms. The largest absolute Gasteiger partial charge is 0.494 e. The van der Waals surface area contributed by atoms with Gasteiger partial charge in [-0.25, -0.2) is 13.6 Å². The normalized spacial score (nSPS) is 19.0. The van der Waals surface area contributed by atoms with Crippen LogP contribution in [0.2, 0.25) is 0 Å². The molecule has 0 heterocycles. The molecule has 1 aliphatic rings. The summed E-state index contributed by atoms with van der Waals surface area (Å²) in [6, 6.07) is 3.98. The SMILES string of the molecule is COc1c(NC(=O)N[C@@H]2Cc3c(F)ccc(F)c3[C@@H]2O)cc(C(C)(C)C)cc1[C@H](C)O. The van der Waals surface area contributed by atoms with Crippen molar-refractivity contribution >= 4 is 11.7 Å². The zero-order valence-electron chi connectivity index (χ0n) is 18.2. The highest BCUT2D eigenvalue weighted by Crippen LogP contribution is 2.39. The van der Waals surface area contributed by atoms with Gasteiger partial charge in [0.25, 0.3) is 0 Å². The van der Waals surface area contributed by atoms with E-state index >= 15 is 0 Å². The zero-order valence-corrected chi connectivity index (χ0v) is 18.2. The summed E-state index contributed by atoms with van der Waals surface area (Å²) in [5, 5.41) is 25.9. The van der Waals surface area contributed by atoms with Crippen molar-refractivity contribution in [2.45, 2.75) is 57.8 Å². The number of carbonyl (C=O) groups is 1. The Hall–Kier alpha value is -2.71. The number of amides is 2. The number of aliphatic hydroxyl groups is 2. The number of fused-ring (bicyclic) bond motifs is 1. The van der Waals surface area contributed by atoms with Gasteiger partial charge >= 0.3 is 6.03 Å². The van der Waals surface area contributed by atoms with Crippen LogP contribution >= 0.6 is 0 Å². The summed E-state index contributed by atoms with van der Waals surface area (Å²) in [6.45, 7) is 7.60. The Balaban J connectivity index is 1.86. The van der Waals surface area contributed by atoms with Crippen molar-refractivity contribution in [2.75, 3.05) is 12.4 Å². The van der Waals surface area contributed by atoms with E-state index in [2.05, 4.69) is 10.6 Å². The van der Waals surface area contributed by atoms with Crippen LogP contribution in [-0.2, 0) is 11.8 Å². The van der Waals surface area contributed by atoms with Crippen molar-refractivity contribution in [3.8, 4) is 5.75 Å². The standard InChI is InChI=1S/C23H28F2N2O4/c1-11(28)13-8-12(23(2,3)4)9-18(21(13)31-5)27-22(30)26-17-10-14-15(24)6-7-16(25)19(14)20(17)29/h6-9,11,17,20,28-29H,10H2,1-5H3,(H2,26,27,30)/t11-,17+,20+/m0/s1. The van der Waals surface area contributed by atoms with E-state index in [0.717, 1.165) is 17.7 Å². The maximum atomic E-state index is 14.1. The summed E-state index contributed by atoms with van der Waals surface area (Å²) in [6.07, 6.45) is -2.24. The predicted octanol–water partition coefficient (Wildman–Crippen LogP) is 4.10. The van der Waals surface area contributed by atoms with E-state index in [9.17, 15) is 23.8 Å². The smallest absolute Gasteiger partial charge is 0.319 e. The van der Waals surface area contributed by atoms with Gasteiger partial charge in [0.15, 0.2) is 0 Å². The number of anilines is 1. The van der Waals surface area contributed by atoms with E-state index in [0.29, 0.717) is 17.0 Å². The Bertz CT molecular complexity index is 1000. The Labute approximate surface area is 180 Å². The monoisotopic (exact) mass is 434 g/mol. The minimum atomic E-state index is -1.37. The highest BCUT2D eigenvalue weighted by molar-refractivity contribution is 5.92. The van der Waals surface area contributed by atoms with E-state index < -0.39 is 35.9 Å². The van der Waals surface area contributed by atoms with Crippen LogP contribution in [-0.4, -0.2) is 29.4 Å². The number of rotatable bonds is 4. The highest BCUT2D eigenvalue weighted by Gasteiger charge is 2.36. The van der Waals surface area contributed by atoms with E-state index in [1.807, 2.05) is 26.8 Å². The summed E-state index contributed by atoms with van der Waals surface area (Å²) in [4.78, 5) is 12.7. The minimum Gasteiger partial charge on any atom is -0.494 e. The van der Waals surface area contributed by atoms with Crippen molar-refractivity contribution in [2.24, 2.45) is 0 Å². The average Bonchev–Trinajstić information content (AvgIpc) is 3.00. The molecule has 31 heavy (non-hydrogen) atoms. The van der Waals surface area contributed by atoms with Gasteiger partial charge in [-0.1, -0.05) is 20.8 Å². The number of halogens is 2. The molecule has 0 radical (unpaired) electrons. The van der Waals surface area contributed by atoms with Gasteiger partial charge in [-0.2, -0.15) is 0 Å². The fourth-order valence-electron chi connectivity index (χ4n) is 3.84. The quantitative estimate of drug-likeness (QED) is 0.583. The van der Waals surface area contributed by atoms with E-state index in [4.69, 9.17) is 4.74 Å². The first-order chi connectivity index (χ1) is 14.4. The number of aliphatic hydroxyl groups excluding tert-OH is 2. The molecule has 3 atom stereocenters. The first-order valence-corrected chi connectivity index (χ1v) is 10.1. The Kier molecular flexibility index (Phi) is 6.25. The molecule has 8 heteroatoms. The summed E-state index contributed by atoms with van der Waals surface area (Å²) < 4.78 is 33.5. The molecule has 0 aromatic heterocycles. The molecular formula is C23H28F2N2O4. The van der Waals surface area contributed by atoms with E-state index in [-0.39, 0.29) is 23.0 Å². The molecule has 3 rings (SSSR count). The number of carbonyl (C=O) groups excluding carboxylic acids is 1. The molecule has 0 saturated carbocycles. The molecule has 2 aromatic carbocycles. The molecule has 0 bridgehead atoms. The number of nitrogens with one attached hydrogen (secondary N) is 2. The molecule has 2 amide bonds. The van der Waals surface area contributed by atoms with Crippen LogP contribution in [0.4, 0.5) is 19.3 Å². The molecule has 6 nitrogen and oxygen atoms in total. The van der Waals surface area contributed by atoms with Crippen molar-refractivity contribution in [1.82, 2.24) is 5.32 Å². The van der Waals surface area contributed by atoms with Gasteiger partial charge in [0.05, 0.1) is 24.9 Å². The van der Waals surface area contributed by atoms with Gasteiger partial charge in [-0.3, -0.25) is 0 Å². The van der Waals surface area contributed by atoms with Crippen LogP contribution in [0.5, 0.6) is 5.75 Å². The first-order valence-electron chi connectivity index (χ1n) is 10.1. The second-order valence-corrected chi connectivity index (χ2v) is 8.85. The average molecular weight is 434 g/mol. The lowest BCUT2D eigenvalue weighted by Crippen LogP contribution is -2.40. The second kappa shape index (κ2) is 8.43. The lowest BCUT2D eigenvalue weighted by Gasteiger charge is -2.25. The molecule has 0 fully saturated rings. The second-order valence-electron chi connectivity index (χ2n) is 8.85. The Morgan fingerprint density at radius 2 is 1.87 bits per heavy atom. The van der Waals surface area contributed by atoms with Gasteiger partial charge in [-0.15, -0.1) is 0 Å². The maximum Gasteiger partial charge on any atom is 0.319 e. The molecule has 0 saturated heterocycles. The fourth-order valence-corrected chi connectivity index (χ4v) is 3.84. The van der Waals surface area contributed by atoms with Crippen LogP contribution < -0.4 is 15.4 Å². The van der Waals surface area contributed by atoms with Crippen molar-refractivity contribution in [1.29, 1.82) is 0 Å². The highest BCUT2D eigenvalue weighted by atomic mass is 19.1. The number of hydrogen-bond acceptors (Lipinski definition) is 4. The fraction of sp³-hybridized carbons (Fsp3) is 0.435. The maximum absolute atomic E-state index is 14.1.